The summed E-state index contributed by atoms with van der Waals surface area (Å²) in [6, 6.07) is 17.1. The van der Waals surface area contributed by atoms with Crippen LogP contribution in [0.3, 0.4) is 0 Å². The summed E-state index contributed by atoms with van der Waals surface area (Å²) in [4.78, 5) is 16.3. The molecule has 1 aliphatic rings. The lowest BCUT2D eigenvalue weighted by Gasteiger charge is -1.99. The Balaban J connectivity index is 1.63. The number of carbonyl (C=O) groups excluding carboxylic acids is 1. The third-order valence-corrected chi connectivity index (χ3v) is 3.96. The first-order valence-electron chi connectivity index (χ1n) is 8.04. The molecule has 0 spiro atoms. The molecular weight excluding hydrogens is 333 g/mol. The topological polar surface area (TPSA) is 51.8 Å². The molecule has 2 heterocycles. The average Bonchev–Trinajstić information content (AvgIpc) is 3.24. The van der Waals surface area contributed by atoms with E-state index in [2.05, 4.69) is 4.99 Å². The van der Waals surface area contributed by atoms with Crippen molar-refractivity contribution in [2.24, 2.45) is 4.99 Å². The molecule has 0 fully saturated rings. The van der Waals surface area contributed by atoms with Gasteiger partial charge in [-0.05, 0) is 43.3 Å². The Morgan fingerprint density at radius 1 is 1.00 bits per heavy atom. The average molecular weight is 347 g/mol. The van der Waals surface area contributed by atoms with Crippen LogP contribution < -0.4 is 0 Å². The Morgan fingerprint density at radius 2 is 1.77 bits per heavy atom. The summed E-state index contributed by atoms with van der Waals surface area (Å²) < 4.78 is 24.7. The summed E-state index contributed by atoms with van der Waals surface area (Å²) in [6.07, 6.45) is 1.48. The Kier molecular flexibility index (Phi) is 3.97. The molecule has 0 aliphatic carbocycles. The minimum absolute atomic E-state index is 0.134. The SMILES string of the molecule is Cc1ccc(C2=NC(=Cc3ccc(-c4ccccc4F)o3)C(=O)O2)cc1. The molecule has 128 valence electrons. The molecule has 5 heteroatoms. The van der Waals surface area contributed by atoms with Crippen LogP contribution in [0, 0.1) is 12.7 Å². The molecular formula is C21H14FNO3. The Morgan fingerprint density at radius 3 is 2.54 bits per heavy atom. The molecule has 2 aromatic carbocycles. The molecule has 0 saturated heterocycles. The van der Waals surface area contributed by atoms with Crippen LogP contribution in [0.5, 0.6) is 0 Å². The molecule has 0 saturated carbocycles. The molecule has 0 unspecified atom stereocenters. The largest absolute Gasteiger partial charge is 0.457 e. The number of aliphatic imine (C=N–C) groups is 1. The van der Waals surface area contributed by atoms with Crippen LogP contribution in [0.25, 0.3) is 17.4 Å². The quantitative estimate of drug-likeness (QED) is 0.508. The first kappa shape index (κ1) is 16.0. The number of carbonyl (C=O) groups is 1. The van der Waals surface area contributed by atoms with Crippen molar-refractivity contribution in [3.63, 3.8) is 0 Å². The number of ether oxygens (including phenoxy) is 1. The van der Waals surface area contributed by atoms with Gasteiger partial charge < -0.3 is 9.15 Å². The maximum Gasteiger partial charge on any atom is 0.363 e. The Bertz CT molecular complexity index is 1050. The fourth-order valence-electron chi connectivity index (χ4n) is 2.60. The summed E-state index contributed by atoms with van der Waals surface area (Å²) in [5.74, 6) is 0.0979. The summed E-state index contributed by atoms with van der Waals surface area (Å²) in [5, 5.41) is 0. The van der Waals surface area contributed by atoms with E-state index in [9.17, 15) is 9.18 Å². The summed E-state index contributed by atoms with van der Waals surface area (Å²) >= 11 is 0. The number of halogens is 1. The maximum absolute atomic E-state index is 13.8. The Labute approximate surface area is 149 Å². The zero-order valence-corrected chi connectivity index (χ0v) is 13.9. The summed E-state index contributed by atoms with van der Waals surface area (Å²) in [7, 11) is 0. The summed E-state index contributed by atoms with van der Waals surface area (Å²) in [6.45, 7) is 1.97. The first-order valence-corrected chi connectivity index (χ1v) is 8.04. The van der Waals surface area contributed by atoms with Gasteiger partial charge in [0.25, 0.3) is 0 Å². The van der Waals surface area contributed by atoms with Crippen molar-refractivity contribution in [2.45, 2.75) is 6.92 Å². The van der Waals surface area contributed by atoms with E-state index < -0.39 is 5.97 Å². The number of aryl methyl sites for hydroxylation is 1. The zero-order chi connectivity index (χ0) is 18.1. The van der Waals surface area contributed by atoms with Crippen molar-refractivity contribution in [1.29, 1.82) is 0 Å². The van der Waals surface area contributed by atoms with Gasteiger partial charge in [0.15, 0.2) is 5.70 Å². The van der Waals surface area contributed by atoms with Gasteiger partial charge in [0.1, 0.15) is 17.3 Å². The number of furan rings is 1. The van der Waals surface area contributed by atoms with Crippen molar-refractivity contribution < 1.29 is 18.3 Å². The number of nitrogens with zero attached hydrogens (tertiary/aromatic N) is 1. The van der Waals surface area contributed by atoms with Gasteiger partial charge >= 0.3 is 5.97 Å². The zero-order valence-electron chi connectivity index (χ0n) is 13.9. The molecule has 0 radical (unpaired) electrons. The van der Waals surface area contributed by atoms with Crippen LogP contribution in [-0.4, -0.2) is 11.9 Å². The van der Waals surface area contributed by atoms with Gasteiger partial charge in [-0.3, -0.25) is 0 Å². The molecule has 0 N–H and O–H groups in total. The molecule has 0 amide bonds. The molecule has 26 heavy (non-hydrogen) atoms. The van der Waals surface area contributed by atoms with Gasteiger partial charge in [-0.25, -0.2) is 14.2 Å². The lowest BCUT2D eigenvalue weighted by atomic mass is 10.1. The van der Waals surface area contributed by atoms with Gasteiger partial charge in [0, 0.05) is 11.6 Å². The van der Waals surface area contributed by atoms with Gasteiger partial charge in [-0.2, -0.15) is 0 Å². The molecule has 4 rings (SSSR count). The van der Waals surface area contributed by atoms with Gasteiger partial charge in [-0.15, -0.1) is 0 Å². The highest BCUT2D eigenvalue weighted by molar-refractivity contribution is 6.12. The molecule has 0 atom stereocenters. The minimum atomic E-state index is -0.551. The molecule has 1 aromatic heterocycles. The van der Waals surface area contributed by atoms with Gasteiger partial charge in [-0.1, -0.05) is 29.8 Å². The maximum atomic E-state index is 13.8. The first-order chi connectivity index (χ1) is 12.6. The Hall–Kier alpha value is -3.47. The second-order valence-corrected chi connectivity index (χ2v) is 5.88. The number of benzene rings is 2. The second-order valence-electron chi connectivity index (χ2n) is 5.88. The van der Waals surface area contributed by atoms with Crippen LogP contribution in [0.2, 0.25) is 0 Å². The van der Waals surface area contributed by atoms with E-state index in [1.165, 1.54) is 12.1 Å². The van der Waals surface area contributed by atoms with Crippen LogP contribution in [0.1, 0.15) is 16.9 Å². The van der Waals surface area contributed by atoms with Crippen molar-refractivity contribution in [3.8, 4) is 11.3 Å². The van der Waals surface area contributed by atoms with E-state index in [-0.39, 0.29) is 17.4 Å². The smallest absolute Gasteiger partial charge is 0.363 e. The predicted molar refractivity (Wildman–Crippen MR) is 95.9 cm³/mol. The molecule has 3 aromatic rings. The van der Waals surface area contributed by atoms with E-state index in [1.54, 1.807) is 30.3 Å². The number of esters is 1. The van der Waals surface area contributed by atoms with Crippen LogP contribution in [-0.2, 0) is 9.53 Å². The highest BCUT2D eigenvalue weighted by atomic mass is 19.1. The summed E-state index contributed by atoms with van der Waals surface area (Å²) in [5.41, 5.74) is 2.31. The van der Waals surface area contributed by atoms with E-state index in [0.29, 0.717) is 17.1 Å². The number of cyclic esters (lactones) is 1. The number of hydrogen-bond acceptors (Lipinski definition) is 4. The second kappa shape index (κ2) is 6.44. The third-order valence-electron chi connectivity index (χ3n) is 3.96. The van der Waals surface area contributed by atoms with Crippen molar-refractivity contribution in [2.75, 3.05) is 0 Å². The van der Waals surface area contributed by atoms with Crippen LogP contribution >= 0.6 is 0 Å². The predicted octanol–water partition coefficient (Wildman–Crippen LogP) is 4.74. The molecule has 4 nitrogen and oxygen atoms in total. The normalized spacial score (nSPS) is 15.2. The highest BCUT2D eigenvalue weighted by Gasteiger charge is 2.24. The fourth-order valence-corrected chi connectivity index (χ4v) is 2.60. The highest BCUT2D eigenvalue weighted by Crippen LogP contribution is 2.27. The minimum Gasteiger partial charge on any atom is -0.457 e. The van der Waals surface area contributed by atoms with Crippen LogP contribution in [0.4, 0.5) is 4.39 Å². The molecule has 1 aliphatic heterocycles. The van der Waals surface area contributed by atoms with Crippen LogP contribution in [0.15, 0.2) is 75.8 Å². The van der Waals surface area contributed by atoms with Crippen molar-refractivity contribution >= 4 is 17.9 Å². The lowest BCUT2D eigenvalue weighted by molar-refractivity contribution is -0.129. The van der Waals surface area contributed by atoms with E-state index in [1.807, 2.05) is 31.2 Å². The third kappa shape index (κ3) is 3.07. The standard InChI is InChI=1S/C21H14FNO3/c1-13-6-8-14(9-7-13)20-23-18(21(24)26-20)12-15-10-11-19(25-15)16-4-2-3-5-17(16)22/h2-12H,1H3. The van der Waals surface area contributed by atoms with E-state index in [4.69, 9.17) is 9.15 Å². The lowest BCUT2D eigenvalue weighted by Crippen LogP contribution is -2.05. The fraction of sp³-hybridized carbons (Fsp3) is 0.0476. The van der Waals surface area contributed by atoms with Gasteiger partial charge in [0.05, 0.1) is 5.56 Å². The monoisotopic (exact) mass is 347 g/mol. The number of rotatable bonds is 3. The van der Waals surface area contributed by atoms with E-state index >= 15 is 0 Å². The van der Waals surface area contributed by atoms with Crippen molar-refractivity contribution in [3.05, 3.63) is 89.1 Å². The number of hydrogen-bond donors (Lipinski definition) is 0. The molecule has 0 bridgehead atoms. The van der Waals surface area contributed by atoms with Gasteiger partial charge in [0.2, 0.25) is 5.90 Å². The van der Waals surface area contributed by atoms with Crippen molar-refractivity contribution in [1.82, 2.24) is 0 Å². The van der Waals surface area contributed by atoms with E-state index in [0.717, 1.165) is 11.1 Å².